The van der Waals surface area contributed by atoms with Crippen molar-refractivity contribution in [3.63, 3.8) is 0 Å². The quantitative estimate of drug-likeness (QED) is 0.681. The minimum atomic E-state index is -3.33. The number of carbonyl (C=O) groups excluding carboxylic acids is 2. The zero-order valence-electron chi connectivity index (χ0n) is 16.5. The molecule has 0 heterocycles. The van der Waals surface area contributed by atoms with Crippen molar-refractivity contribution in [3.05, 3.63) is 34.9 Å². The van der Waals surface area contributed by atoms with Crippen LogP contribution in [0.25, 0.3) is 0 Å². The van der Waals surface area contributed by atoms with Gasteiger partial charge in [0.05, 0.1) is 10.5 Å². The van der Waals surface area contributed by atoms with Crippen LogP contribution < -0.4 is 10.6 Å². The van der Waals surface area contributed by atoms with E-state index in [0.29, 0.717) is 17.0 Å². The van der Waals surface area contributed by atoms with Crippen LogP contribution in [0.1, 0.15) is 51.4 Å². The maximum Gasteiger partial charge on any atom is 0.251 e. The molecule has 0 saturated carbocycles. The second-order valence-corrected chi connectivity index (χ2v) is 11.2. The van der Waals surface area contributed by atoms with Gasteiger partial charge in [0, 0.05) is 17.1 Å². The summed E-state index contributed by atoms with van der Waals surface area (Å²) in [6, 6.07) is 5.62. The molecule has 1 rings (SSSR count). The smallest absolute Gasteiger partial charge is 0.251 e. The fourth-order valence-electron chi connectivity index (χ4n) is 2.28. The summed E-state index contributed by atoms with van der Waals surface area (Å²) >= 11 is 5.82. The first-order chi connectivity index (χ1) is 12.3. The molecule has 0 aliphatic carbocycles. The van der Waals surface area contributed by atoms with E-state index in [2.05, 4.69) is 10.6 Å². The Morgan fingerprint density at radius 2 is 1.67 bits per heavy atom. The van der Waals surface area contributed by atoms with Crippen LogP contribution in [0.5, 0.6) is 0 Å². The summed E-state index contributed by atoms with van der Waals surface area (Å²) in [4.78, 5) is 24.9. The Balaban J connectivity index is 2.74. The normalized spacial score (nSPS) is 13.3. The van der Waals surface area contributed by atoms with Gasteiger partial charge in [-0.05, 0) is 57.4 Å². The molecule has 1 atom stereocenters. The molecule has 0 bridgehead atoms. The zero-order chi connectivity index (χ0) is 20.8. The molecule has 0 saturated heterocycles. The molecule has 0 radical (unpaired) electrons. The van der Waals surface area contributed by atoms with Crippen LogP contribution in [0.2, 0.25) is 5.02 Å². The van der Waals surface area contributed by atoms with Crippen molar-refractivity contribution in [2.24, 2.45) is 5.92 Å². The third kappa shape index (κ3) is 7.50. The fraction of sp³-hybridized carbons (Fsp3) is 0.579. The van der Waals surface area contributed by atoms with Gasteiger partial charge < -0.3 is 10.6 Å². The Bertz CT molecular complexity index is 753. The fourth-order valence-corrected chi connectivity index (χ4v) is 3.39. The van der Waals surface area contributed by atoms with Gasteiger partial charge in [-0.15, -0.1) is 0 Å². The summed E-state index contributed by atoms with van der Waals surface area (Å²) in [5, 5.41) is 5.86. The van der Waals surface area contributed by atoms with Crippen LogP contribution in [-0.2, 0) is 14.6 Å². The molecule has 0 fully saturated rings. The van der Waals surface area contributed by atoms with Crippen LogP contribution in [0.3, 0.4) is 0 Å². The highest BCUT2D eigenvalue weighted by atomic mass is 35.5. The summed E-state index contributed by atoms with van der Waals surface area (Å²) in [5.41, 5.74) is 0.399. The Hall–Kier alpha value is -1.60. The highest BCUT2D eigenvalue weighted by Crippen LogP contribution is 2.15. The number of halogens is 1. The van der Waals surface area contributed by atoms with Gasteiger partial charge in [-0.3, -0.25) is 9.59 Å². The number of rotatable bonds is 8. The molecule has 0 aliphatic rings. The topological polar surface area (TPSA) is 92.3 Å². The van der Waals surface area contributed by atoms with E-state index in [1.165, 1.54) is 0 Å². The van der Waals surface area contributed by atoms with Crippen molar-refractivity contribution in [2.75, 3.05) is 12.3 Å². The summed E-state index contributed by atoms with van der Waals surface area (Å²) in [7, 11) is -3.33. The first-order valence-corrected chi connectivity index (χ1v) is 10.9. The number of nitrogens with one attached hydrogen (secondary N) is 2. The Morgan fingerprint density at radius 3 is 2.15 bits per heavy atom. The Morgan fingerprint density at radius 1 is 1.11 bits per heavy atom. The first-order valence-electron chi connectivity index (χ1n) is 8.90. The Labute approximate surface area is 167 Å². The molecule has 152 valence electrons. The van der Waals surface area contributed by atoms with Crippen molar-refractivity contribution in [3.8, 4) is 0 Å². The zero-order valence-corrected chi connectivity index (χ0v) is 18.1. The molecule has 1 aromatic rings. The molecule has 27 heavy (non-hydrogen) atoms. The summed E-state index contributed by atoms with van der Waals surface area (Å²) in [5.74, 6) is -0.753. The molecule has 1 aromatic carbocycles. The minimum absolute atomic E-state index is 0.00382. The largest absolute Gasteiger partial charge is 0.353 e. The third-order valence-electron chi connectivity index (χ3n) is 4.04. The molecule has 8 heteroatoms. The first kappa shape index (κ1) is 23.4. The van der Waals surface area contributed by atoms with Gasteiger partial charge in [-0.2, -0.15) is 0 Å². The number of hydrogen-bond acceptors (Lipinski definition) is 4. The molecular formula is C19H29ClN2O4S. The van der Waals surface area contributed by atoms with E-state index in [9.17, 15) is 18.0 Å². The van der Waals surface area contributed by atoms with Crippen molar-refractivity contribution in [2.45, 2.75) is 51.8 Å². The lowest BCUT2D eigenvalue weighted by atomic mass is 10.0. The van der Waals surface area contributed by atoms with Crippen LogP contribution in [-0.4, -0.2) is 43.3 Å². The van der Waals surface area contributed by atoms with Crippen LogP contribution >= 0.6 is 11.6 Å². The number of sulfone groups is 1. The number of carbonyl (C=O) groups is 2. The van der Waals surface area contributed by atoms with Gasteiger partial charge in [-0.1, -0.05) is 25.4 Å². The number of amides is 2. The third-order valence-corrected chi connectivity index (χ3v) is 6.90. The number of benzene rings is 1. The molecule has 0 spiro atoms. The Kier molecular flexibility index (Phi) is 8.29. The standard InChI is InChI=1S/C19H29ClN2O4S/c1-13(2)12-16(22-17(23)14-6-8-15(20)9-7-14)18(24)21-10-11-27(25,26)19(3,4)5/h6-9,13,16H,10-12H2,1-5H3,(H,21,24)(H,22,23). The maximum absolute atomic E-state index is 12.5. The highest BCUT2D eigenvalue weighted by Gasteiger charge is 2.29. The molecule has 6 nitrogen and oxygen atoms in total. The molecule has 0 aliphatic heterocycles. The molecule has 1 unspecified atom stereocenters. The second-order valence-electron chi connectivity index (χ2n) is 7.88. The lowest BCUT2D eigenvalue weighted by Gasteiger charge is -2.22. The van der Waals surface area contributed by atoms with Gasteiger partial charge in [0.25, 0.3) is 5.91 Å². The van der Waals surface area contributed by atoms with Gasteiger partial charge in [0.2, 0.25) is 5.91 Å². The van der Waals surface area contributed by atoms with E-state index >= 15 is 0 Å². The van der Waals surface area contributed by atoms with Gasteiger partial charge in [0.1, 0.15) is 6.04 Å². The van der Waals surface area contributed by atoms with E-state index in [4.69, 9.17) is 11.6 Å². The summed E-state index contributed by atoms with van der Waals surface area (Å²) in [6.07, 6.45) is 0.442. The SMILES string of the molecule is CC(C)CC(NC(=O)c1ccc(Cl)cc1)C(=O)NCCS(=O)(=O)C(C)(C)C. The average Bonchev–Trinajstić information content (AvgIpc) is 2.53. The van der Waals surface area contributed by atoms with Crippen molar-refractivity contribution in [1.29, 1.82) is 0 Å². The average molecular weight is 417 g/mol. The lowest BCUT2D eigenvalue weighted by Crippen LogP contribution is -2.48. The van der Waals surface area contributed by atoms with Gasteiger partial charge in [0.15, 0.2) is 9.84 Å². The van der Waals surface area contributed by atoms with E-state index in [-0.39, 0.29) is 24.1 Å². The summed E-state index contributed by atoms with van der Waals surface area (Å²) < 4.78 is 23.4. The predicted octanol–water partition coefficient (Wildman–Crippen LogP) is 2.81. The maximum atomic E-state index is 12.5. The van der Waals surface area contributed by atoms with E-state index in [1.807, 2.05) is 13.8 Å². The van der Waals surface area contributed by atoms with E-state index in [1.54, 1.807) is 45.0 Å². The van der Waals surface area contributed by atoms with Gasteiger partial charge in [-0.25, -0.2) is 8.42 Å². The molecule has 0 aromatic heterocycles. The lowest BCUT2D eigenvalue weighted by molar-refractivity contribution is -0.123. The van der Waals surface area contributed by atoms with Crippen molar-refractivity contribution >= 4 is 33.3 Å². The summed E-state index contributed by atoms with van der Waals surface area (Å²) in [6.45, 7) is 8.76. The second kappa shape index (κ2) is 9.55. The van der Waals surface area contributed by atoms with Crippen LogP contribution in [0, 0.1) is 5.92 Å². The predicted molar refractivity (Wildman–Crippen MR) is 109 cm³/mol. The van der Waals surface area contributed by atoms with Crippen LogP contribution in [0.15, 0.2) is 24.3 Å². The van der Waals surface area contributed by atoms with Gasteiger partial charge >= 0.3 is 0 Å². The van der Waals surface area contributed by atoms with Crippen LogP contribution in [0.4, 0.5) is 0 Å². The minimum Gasteiger partial charge on any atom is -0.353 e. The molecular weight excluding hydrogens is 388 g/mol. The number of hydrogen-bond donors (Lipinski definition) is 2. The monoisotopic (exact) mass is 416 g/mol. The highest BCUT2D eigenvalue weighted by molar-refractivity contribution is 7.92. The van der Waals surface area contributed by atoms with Crippen molar-refractivity contribution in [1.82, 2.24) is 10.6 Å². The molecule has 2 N–H and O–H groups in total. The molecule has 2 amide bonds. The van der Waals surface area contributed by atoms with E-state index in [0.717, 1.165) is 0 Å². The van der Waals surface area contributed by atoms with E-state index < -0.39 is 26.5 Å². The van der Waals surface area contributed by atoms with Crippen molar-refractivity contribution < 1.29 is 18.0 Å².